The average Bonchev–Trinajstić information content (AvgIpc) is 2.96. The maximum absolute atomic E-state index is 13.0. The first-order chi connectivity index (χ1) is 13.0. The number of benzene rings is 2. The van der Waals surface area contributed by atoms with E-state index in [4.69, 9.17) is 0 Å². The molecule has 4 rings (SSSR count). The van der Waals surface area contributed by atoms with Gasteiger partial charge in [-0.1, -0.05) is 44.2 Å². The number of carbonyl (C=O) groups excluding carboxylic acids is 1. The molecule has 27 heavy (non-hydrogen) atoms. The van der Waals surface area contributed by atoms with E-state index < -0.39 is 10.0 Å². The Morgan fingerprint density at radius 3 is 2.63 bits per heavy atom. The van der Waals surface area contributed by atoms with Crippen LogP contribution < -0.4 is 9.62 Å². The van der Waals surface area contributed by atoms with E-state index in [0.29, 0.717) is 30.0 Å². The molecule has 144 valence electrons. The lowest BCUT2D eigenvalue weighted by Gasteiger charge is -2.21. The maximum Gasteiger partial charge on any atom is 0.258 e. The number of hydrogen-bond donors (Lipinski definition) is 1. The van der Waals surface area contributed by atoms with E-state index >= 15 is 0 Å². The van der Waals surface area contributed by atoms with E-state index in [-0.39, 0.29) is 10.8 Å². The van der Waals surface area contributed by atoms with Crippen LogP contribution in [0.5, 0.6) is 0 Å². The summed E-state index contributed by atoms with van der Waals surface area (Å²) in [6, 6.07) is 8.72. The van der Waals surface area contributed by atoms with Crippen LogP contribution in [-0.4, -0.2) is 27.4 Å². The van der Waals surface area contributed by atoms with Gasteiger partial charge in [-0.3, -0.25) is 4.79 Å². The van der Waals surface area contributed by atoms with Gasteiger partial charge in [0.2, 0.25) is 10.0 Å². The summed E-state index contributed by atoms with van der Waals surface area (Å²) in [6.45, 7) is 2.96. The molecule has 0 unspecified atom stereocenters. The van der Waals surface area contributed by atoms with Crippen LogP contribution in [0.4, 0.5) is 5.69 Å². The van der Waals surface area contributed by atoms with Gasteiger partial charge in [0, 0.05) is 29.4 Å². The van der Waals surface area contributed by atoms with Crippen LogP contribution in [0.3, 0.4) is 0 Å². The van der Waals surface area contributed by atoms with Crippen LogP contribution in [0.2, 0.25) is 0 Å². The number of rotatable bonds is 6. The number of anilines is 1. The molecule has 6 heteroatoms. The molecule has 1 saturated carbocycles. The normalized spacial score (nSPS) is 17.8. The summed E-state index contributed by atoms with van der Waals surface area (Å²) in [5.41, 5.74) is 1.39. The molecule has 2 aliphatic rings. The SMILES string of the molecule is CCN1C(=O)c2cccc3c(S(=O)(=O)NCCC4CCCCC4)ccc1c23. The third-order valence-corrected chi connectivity index (χ3v) is 7.44. The van der Waals surface area contributed by atoms with E-state index in [1.807, 2.05) is 6.92 Å². The Morgan fingerprint density at radius 2 is 1.89 bits per heavy atom. The molecule has 0 radical (unpaired) electrons. The van der Waals surface area contributed by atoms with Crippen molar-refractivity contribution in [2.75, 3.05) is 18.0 Å². The quantitative estimate of drug-likeness (QED) is 0.814. The largest absolute Gasteiger partial charge is 0.308 e. The molecular formula is C21H26N2O3S. The standard InChI is InChI=1S/C21H26N2O3S/c1-2-23-18-11-12-19(16-9-6-10-17(20(16)18)21(23)24)27(25,26)22-14-13-15-7-4-3-5-8-15/h6,9-12,15,22H,2-5,7-8,13-14H2,1H3. The number of sulfonamides is 1. The summed E-state index contributed by atoms with van der Waals surface area (Å²) in [6.07, 6.45) is 7.12. The number of amides is 1. The highest BCUT2D eigenvalue weighted by Crippen LogP contribution is 2.39. The molecule has 1 N–H and O–H groups in total. The molecule has 0 spiro atoms. The third kappa shape index (κ3) is 3.25. The molecule has 1 heterocycles. The van der Waals surface area contributed by atoms with Crippen molar-refractivity contribution in [3.8, 4) is 0 Å². The Labute approximate surface area is 160 Å². The van der Waals surface area contributed by atoms with E-state index in [9.17, 15) is 13.2 Å². The minimum absolute atomic E-state index is 0.0575. The van der Waals surface area contributed by atoms with E-state index in [1.165, 1.54) is 32.1 Å². The van der Waals surface area contributed by atoms with Gasteiger partial charge in [-0.05, 0) is 37.5 Å². The van der Waals surface area contributed by atoms with Gasteiger partial charge >= 0.3 is 0 Å². The van der Waals surface area contributed by atoms with Crippen molar-refractivity contribution in [2.24, 2.45) is 5.92 Å². The Morgan fingerprint density at radius 1 is 1.11 bits per heavy atom. The topological polar surface area (TPSA) is 66.5 Å². The molecule has 1 aliphatic carbocycles. The molecule has 0 aromatic heterocycles. The summed E-state index contributed by atoms with van der Waals surface area (Å²) in [4.78, 5) is 14.5. The lowest BCUT2D eigenvalue weighted by atomic mass is 9.87. The fourth-order valence-electron chi connectivity index (χ4n) is 4.52. The lowest BCUT2D eigenvalue weighted by Crippen LogP contribution is -2.27. The minimum Gasteiger partial charge on any atom is -0.308 e. The third-order valence-electron chi connectivity index (χ3n) is 5.92. The van der Waals surface area contributed by atoms with Crippen LogP contribution in [-0.2, 0) is 10.0 Å². The molecule has 1 fully saturated rings. The van der Waals surface area contributed by atoms with Gasteiger partial charge in [0.15, 0.2) is 0 Å². The number of nitrogens with zero attached hydrogens (tertiary/aromatic N) is 1. The molecule has 1 aliphatic heterocycles. The highest BCUT2D eigenvalue weighted by Gasteiger charge is 2.31. The Hall–Kier alpha value is -1.92. The first-order valence-electron chi connectivity index (χ1n) is 9.90. The molecule has 2 aromatic rings. The first kappa shape index (κ1) is 18.4. The zero-order valence-electron chi connectivity index (χ0n) is 15.7. The summed E-state index contributed by atoms with van der Waals surface area (Å²) < 4.78 is 28.7. The van der Waals surface area contributed by atoms with Gasteiger partial charge in [0.1, 0.15) is 0 Å². The molecule has 0 bridgehead atoms. The van der Waals surface area contributed by atoms with Gasteiger partial charge in [-0.2, -0.15) is 0 Å². The highest BCUT2D eigenvalue weighted by atomic mass is 32.2. The predicted octanol–water partition coefficient (Wildman–Crippen LogP) is 4.07. The van der Waals surface area contributed by atoms with Gasteiger partial charge in [-0.15, -0.1) is 0 Å². The number of nitrogens with one attached hydrogen (secondary N) is 1. The van der Waals surface area contributed by atoms with Gasteiger partial charge < -0.3 is 4.90 Å². The summed E-state index contributed by atoms with van der Waals surface area (Å²) in [5, 5.41) is 1.37. The van der Waals surface area contributed by atoms with Crippen LogP contribution in [0.15, 0.2) is 35.2 Å². The van der Waals surface area contributed by atoms with Crippen molar-refractivity contribution < 1.29 is 13.2 Å². The van der Waals surface area contributed by atoms with Crippen molar-refractivity contribution in [1.29, 1.82) is 0 Å². The van der Waals surface area contributed by atoms with Gasteiger partial charge in [0.25, 0.3) is 5.91 Å². The second-order valence-electron chi connectivity index (χ2n) is 7.55. The highest BCUT2D eigenvalue weighted by molar-refractivity contribution is 7.89. The number of carbonyl (C=O) groups is 1. The molecular weight excluding hydrogens is 360 g/mol. The fraction of sp³-hybridized carbons (Fsp3) is 0.476. The Bertz CT molecular complexity index is 978. The number of hydrogen-bond acceptors (Lipinski definition) is 3. The first-order valence-corrected chi connectivity index (χ1v) is 11.4. The zero-order chi connectivity index (χ0) is 19.0. The Kier molecular flexibility index (Phi) is 4.95. The summed E-state index contributed by atoms with van der Waals surface area (Å²) in [7, 11) is -3.61. The van der Waals surface area contributed by atoms with Gasteiger partial charge in [0.05, 0.1) is 10.6 Å². The molecule has 5 nitrogen and oxygen atoms in total. The molecule has 1 amide bonds. The second-order valence-corrected chi connectivity index (χ2v) is 9.29. The smallest absolute Gasteiger partial charge is 0.258 e. The van der Waals surface area contributed by atoms with Crippen LogP contribution >= 0.6 is 0 Å². The fourth-order valence-corrected chi connectivity index (χ4v) is 5.77. The van der Waals surface area contributed by atoms with Crippen molar-refractivity contribution in [2.45, 2.75) is 50.3 Å². The van der Waals surface area contributed by atoms with E-state index in [0.717, 1.165) is 17.5 Å². The van der Waals surface area contributed by atoms with Crippen LogP contribution in [0.1, 0.15) is 55.8 Å². The van der Waals surface area contributed by atoms with Crippen LogP contribution in [0.25, 0.3) is 10.8 Å². The lowest BCUT2D eigenvalue weighted by molar-refractivity contribution is 0.0994. The summed E-state index contributed by atoms with van der Waals surface area (Å²) in [5.74, 6) is 0.572. The van der Waals surface area contributed by atoms with Gasteiger partial charge in [-0.25, -0.2) is 13.1 Å². The maximum atomic E-state index is 13.0. The predicted molar refractivity (Wildman–Crippen MR) is 108 cm³/mol. The van der Waals surface area contributed by atoms with E-state index in [2.05, 4.69) is 4.72 Å². The van der Waals surface area contributed by atoms with Crippen molar-refractivity contribution in [1.82, 2.24) is 4.72 Å². The molecule has 0 atom stereocenters. The zero-order valence-corrected chi connectivity index (χ0v) is 16.5. The Balaban J connectivity index is 1.62. The van der Waals surface area contributed by atoms with E-state index in [1.54, 1.807) is 35.2 Å². The van der Waals surface area contributed by atoms with Crippen molar-refractivity contribution in [3.63, 3.8) is 0 Å². The molecule has 0 saturated heterocycles. The van der Waals surface area contributed by atoms with Crippen molar-refractivity contribution in [3.05, 3.63) is 35.9 Å². The minimum atomic E-state index is -3.61. The molecule has 2 aromatic carbocycles. The van der Waals surface area contributed by atoms with Crippen LogP contribution in [0, 0.1) is 5.92 Å². The van der Waals surface area contributed by atoms with Crippen molar-refractivity contribution >= 4 is 32.4 Å². The second kappa shape index (κ2) is 7.24. The monoisotopic (exact) mass is 386 g/mol. The summed E-state index contributed by atoms with van der Waals surface area (Å²) >= 11 is 0. The average molecular weight is 387 g/mol.